The van der Waals surface area contributed by atoms with Crippen molar-refractivity contribution in [3.05, 3.63) is 173 Å². The van der Waals surface area contributed by atoms with Gasteiger partial charge in [0.15, 0.2) is 5.84 Å². The van der Waals surface area contributed by atoms with Gasteiger partial charge in [-0.1, -0.05) is 130 Å². The Balaban J connectivity index is 1.23. The van der Waals surface area contributed by atoms with E-state index in [9.17, 15) is 5.26 Å². The first kappa shape index (κ1) is 32.5. The molecule has 0 saturated carbocycles. The van der Waals surface area contributed by atoms with Crippen LogP contribution in [-0.2, 0) is 5.41 Å². The third-order valence-electron chi connectivity index (χ3n) is 8.96. The zero-order chi connectivity index (χ0) is 33.7. The zero-order valence-corrected chi connectivity index (χ0v) is 28.5. The average molecular weight is 643 g/mol. The van der Waals surface area contributed by atoms with Crippen LogP contribution in [0, 0.1) is 11.3 Å². The summed E-state index contributed by atoms with van der Waals surface area (Å²) in [6.45, 7) is 8.66. The van der Waals surface area contributed by atoms with Gasteiger partial charge in [0.05, 0.1) is 11.6 Å². The SMILES string of the molecule is C/C=C(\C=C/C(C)c1cccc(-c2ccc3c(c2)C(C)(C)c2cc(C#N)ccc2-3)c1)C(/N)=N/C(=N\Sc1ccccc1)c1ccccc1. The first-order valence-corrected chi connectivity index (χ1v) is 16.9. The predicted octanol–water partition coefficient (Wildman–Crippen LogP) is 10.6. The molecule has 5 aromatic rings. The molecule has 0 aliphatic heterocycles. The van der Waals surface area contributed by atoms with Crippen LogP contribution in [0.1, 0.15) is 61.4 Å². The van der Waals surface area contributed by atoms with E-state index in [0.29, 0.717) is 17.2 Å². The maximum absolute atomic E-state index is 9.49. The van der Waals surface area contributed by atoms with Gasteiger partial charge < -0.3 is 5.73 Å². The van der Waals surface area contributed by atoms with Gasteiger partial charge in [0, 0.05) is 33.4 Å². The predicted molar refractivity (Wildman–Crippen MR) is 202 cm³/mol. The lowest BCUT2D eigenvalue weighted by molar-refractivity contribution is 0.660. The molecule has 1 aliphatic carbocycles. The fourth-order valence-corrected chi connectivity index (χ4v) is 6.77. The summed E-state index contributed by atoms with van der Waals surface area (Å²) in [6, 6.07) is 43.8. The van der Waals surface area contributed by atoms with Crippen LogP contribution in [0.2, 0.25) is 0 Å². The Hall–Kier alpha value is -5.44. The van der Waals surface area contributed by atoms with Gasteiger partial charge in [-0.2, -0.15) is 9.66 Å². The molecule has 48 heavy (non-hydrogen) atoms. The summed E-state index contributed by atoms with van der Waals surface area (Å²) in [5, 5.41) is 9.49. The molecule has 4 nitrogen and oxygen atoms in total. The molecule has 0 aromatic heterocycles. The van der Waals surface area contributed by atoms with Gasteiger partial charge in [0.2, 0.25) is 0 Å². The van der Waals surface area contributed by atoms with Gasteiger partial charge in [0.1, 0.15) is 5.84 Å². The molecule has 236 valence electrons. The lowest BCUT2D eigenvalue weighted by atomic mass is 9.81. The number of aliphatic imine (C=N–C) groups is 1. The Morgan fingerprint density at radius 2 is 1.48 bits per heavy atom. The first-order valence-electron chi connectivity index (χ1n) is 16.1. The molecule has 0 bridgehead atoms. The van der Waals surface area contributed by atoms with Crippen LogP contribution < -0.4 is 5.73 Å². The van der Waals surface area contributed by atoms with Crippen molar-refractivity contribution in [1.82, 2.24) is 0 Å². The number of nitriles is 1. The van der Waals surface area contributed by atoms with Gasteiger partial charge in [-0.05, 0) is 82.1 Å². The van der Waals surface area contributed by atoms with E-state index in [-0.39, 0.29) is 11.3 Å². The highest BCUT2D eigenvalue weighted by Gasteiger charge is 2.35. The van der Waals surface area contributed by atoms with Crippen molar-refractivity contribution in [3.63, 3.8) is 0 Å². The number of allylic oxidation sites excluding steroid dienone is 2. The van der Waals surface area contributed by atoms with Gasteiger partial charge in [-0.15, -0.1) is 0 Å². The summed E-state index contributed by atoms with van der Waals surface area (Å²) in [5.41, 5.74) is 17.4. The average Bonchev–Trinajstić information content (AvgIpc) is 3.35. The van der Waals surface area contributed by atoms with E-state index >= 15 is 0 Å². The lowest BCUT2D eigenvalue weighted by Gasteiger charge is -2.22. The van der Waals surface area contributed by atoms with Crippen LogP contribution in [0.25, 0.3) is 22.3 Å². The topological polar surface area (TPSA) is 74.5 Å². The number of benzene rings is 5. The van der Waals surface area contributed by atoms with Crippen molar-refractivity contribution in [2.75, 3.05) is 0 Å². The molecule has 1 atom stereocenters. The fraction of sp³-hybridized carbons (Fsp3) is 0.140. The number of hydrogen-bond acceptors (Lipinski definition) is 3. The van der Waals surface area contributed by atoms with E-state index in [1.54, 1.807) is 0 Å². The second-order valence-corrected chi connectivity index (χ2v) is 13.3. The molecule has 0 heterocycles. The van der Waals surface area contributed by atoms with Gasteiger partial charge in [-0.25, -0.2) is 4.99 Å². The minimum absolute atomic E-state index is 0.142. The summed E-state index contributed by atoms with van der Waals surface area (Å²) in [4.78, 5) is 5.82. The summed E-state index contributed by atoms with van der Waals surface area (Å²) in [5.74, 6) is 1.12. The van der Waals surface area contributed by atoms with E-state index in [1.165, 1.54) is 50.9 Å². The Morgan fingerprint density at radius 3 is 2.19 bits per heavy atom. The summed E-state index contributed by atoms with van der Waals surface area (Å²) < 4.78 is 4.75. The normalized spacial score (nSPS) is 14.8. The molecule has 5 heteroatoms. The third kappa shape index (κ3) is 6.81. The van der Waals surface area contributed by atoms with Crippen molar-refractivity contribution in [1.29, 1.82) is 5.26 Å². The van der Waals surface area contributed by atoms with Crippen LogP contribution >= 0.6 is 11.9 Å². The van der Waals surface area contributed by atoms with Crippen LogP contribution in [0.3, 0.4) is 0 Å². The molecule has 0 amide bonds. The monoisotopic (exact) mass is 642 g/mol. The van der Waals surface area contributed by atoms with Gasteiger partial charge in [0.25, 0.3) is 0 Å². The highest BCUT2D eigenvalue weighted by Crippen LogP contribution is 2.50. The second kappa shape index (κ2) is 14.1. The van der Waals surface area contributed by atoms with E-state index in [4.69, 9.17) is 15.1 Å². The summed E-state index contributed by atoms with van der Waals surface area (Å²) in [6.07, 6.45) is 6.20. The van der Waals surface area contributed by atoms with Crippen molar-refractivity contribution < 1.29 is 0 Å². The number of hydrogen-bond donors (Lipinski definition) is 1. The molecular formula is C43H38N4S. The van der Waals surface area contributed by atoms with Crippen molar-refractivity contribution in [3.8, 4) is 28.3 Å². The van der Waals surface area contributed by atoms with Crippen LogP contribution in [-0.4, -0.2) is 11.7 Å². The maximum atomic E-state index is 9.49. The quantitative estimate of drug-likeness (QED) is 0.0792. The third-order valence-corrected chi connectivity index (χ3v) is 9.71. The van der Waals surface area contributed by atoms with Gasteiger partial charge >= 0.3 is 0 Å². The summed E-state index contributed by atoms with van der Waals surface area (Å²) in [7, 11) is 0. The van der Waals surface area contributed by atoms with Crippen molar-refractivity contribution >= 4 is 23.6 Å². The van der Waals surface area contributed by atoms with E-state index in [0.717, 1.165) is 16.0 Å². The van der Waals surface area contributed by atoms with Crippen LogP contribution in [0.15, 0.2) is 159 Å². The van der Waals surface area contributed by atoms with E-state index in [1.807, 2.05) is 91.9 Å². The largest absolute Gasteiger partial charge is 0.383 e. The standard InChI is InChI=1S/C43H38N4S/c1-5-31(41(45)46-42(32-13-8-6-9-14-32)47-48-36-17-10-7-11-18-36)21-19-29(2)33-15-12-16-34(26-33)35-22-24-38-37-23-20-30(28-44)25-39(37)43(3,4)40(38)27-35/h5-27,29H,1-4H3,(H2,45,46,47)/b21-19-,31-5+. The molecule has 0 radical (unpaired) electrons. The smallest absolute Gasteiger partial charge is 0.169 e. The number of nitrogens with two attached hydrogens (primary N) is 1. The molecule has 0 fully saturated rings. The van der Waals surface area contributed by atoms with Crippen LogP contribution in [0.4, 0.5) is 0 Å². The molecule has 0 spiro atoms. The molecule has 1 aliphatic rings. The maximum Gasteiger partial charge on any atom is 0.169 e. The Labute approximate surface area is 288 Å². The highest BCUT2D eigenvalue weighted by atomic mass is 32.2. The Bertz CT molecular complexity index is 2120. The lowest BCUT2D eigenvalue weighted by Crippen LogP contribution is -2.16. The molecule has 2 N–H and O–H groups in total. The summed E-state index contributed by atoms with van der Waals surface area (Å²) >= 11 is 1.38. The van der Waals surface area contributed by atoms with Gasteiger partial charge in [-0.3, -0.25) is 0 Å². The highest BCUT2D eigenvalue weighted by molar-refractivity contribution is 7.98. The molecular weight excluding hydrogens is 605 g/mol. The molecule has 1 unspecified atom stereocenters. The zero-order valence-electron chi connectivity index (χ0n) is 27.7. The molecule has 6 rings (SSSR count). The Morgan fingerprint density at radius 1 is 0.812 bits per heavy atom. The second-order valence-electron chi connectivity index (χ2n) is 12.5. The minimum Gasteiger partial charge on any atom is -0.383 e. The molecule has 0 saturated heterocycles. The van der Waals surface area contributed by atoms with Crippen molar-refractivity contribution in [2.45, 2.75) is 43.9 Å². The first-order chi connectivity index (χ1) is 23.3. The minimum atomic E-state index is -0.184. The molecule has 5 aromatic carbocycles. The van der Waals surface area contributed by atoms with Crippen molar-refractivity contribution in [2.24, 2.45) is 15.1 Å². The van der Waals surface area contributed by atoms with Crippen LogP contribution in [0.5, 0.6) is 0 Å². The number of nitrogens with zero attached hydrogens (tertiary/aromatic N) is 3. The Kier molecular flexibility index (Phi) is 9.57. The number of amidine groups is 2. The number of fused-ring (bicyclic) bond motifs is 3. The number of rotatable bonds is 8. The fourth-order valence-electron chi connectivity index (χ4n) is 6.16. The van der Waals surface area contributed by atoms with E-state index in [2.05, 4.69) is 81.4 Å². The van der Waals surface area contributed by atoms with E-state index < -0.39 is 0 Å².